The maximum Gasteiger partial charge on any atom is 0.118 e. The Hall–Kier alpha value is -1.75. The molecule has 1 aromatic carbocycles. The lowest BCUT2D eigenvalue weighted by molar-refractivity contribution is 1.15. The molecule has 0 atom stereocenters. The number of aromatic nitrogens is 1. The van der Waals surface area contributed by atoms with Gasteiger partial charge in [-0.1, -0.05) is 13.0 Å². The summed E-state index contributed by atoms with van der Waals surface area (Å²) < 4.78 is 0. The minimum Gasteiger partial charge on any atom is -0.346 e. The third kappa shape index (κ3) is 1.29. The van der Waals surface area contributed by atoms with Crippen molar-refractivity contribution < 1.29 is 0 Å². The van der Waals surface area contributed by atoms with Crippen LogP contribution in [-0.4, -0.2) is 4.98 Å². The minimum absolute atomic E-state index is 0.628. The van der Waals surface area contributed by atoms with Gasteiger partial charge in [-0.25, -0.2) is 0 Å². The molecule has 1 heterocycles. The topological polar surface area (TPSA) is 39.6 Å². The lowest BCUT2D eigenvalue weighted by Gasteiger charge is -1.94. The summed E-state index contributed by atoms with van der Waals surface area (Å²) in [6.45, 7) is 2.12. The van der Waals surface area contributed by atoms with Crippen molar-refractivity contribution in [3.05, 3.63) is 35.5 Å². The summed E-state index contributed by atoms with van der Waals surface area (Å²) in [6.07, 6.45) is 1.03. The molecule has 0 amide bonds. The van der Waals surface area contributed by atoms with Crippen LogP contribution in [0.15, 0.2) is 24.3 Å². The van der Waals surface area contributed by atoms with E-state index in [1.54, 1.807) is 0 Å². The fourth-order valence-corrected chi connectivity index (χ4v) is 1.46. The highest BCUT2D eigenvalue weighted by atomic mass is 14.7. The number of rotatable bonds is 1. The first-order valence-electron chi connectivity index (χ1n) is 4.35. The summed E-state index contributed by atoms with van der Waals surface area (Å²) in [6, 6.07) is 10.2. The molecular formula is C11H10N2. The summed E-state index contributed by atoms with van der Waals surface area (Å²) in [4.78, 5) is 3.04. The van der Waals surface area contributed by atoms with Gasteiger partial charge in [0.1, 0.15) is 11.8 Å². The molecule has 0 saturated heterocycles. The Kier molecular flexibility index (Phi) is 1.79. The maximum absolute atomic E-state index is 8.68. The van der Waals surface area contributed by atoms with Crippen LogP contribution in [0.25, 0.3) is 10.9 Å². The number of aromatic amines is 1. The lowest BCUT2D eigenvalue weighted by Crippen LogP contribution is -1.77. The number of H-pyrrole nitrogens is 1. The van der Waals surface area contributed by atoms with Crippen LogP contribution in [0.5, 0.6) is 0 Å². The number of hydrogen-bond donors (Lipinski definition) is 1. The van der Waals surface area contributed by atoms with E-state index in [-0.39, 0.29) is 0 Å². The smallest absolute Gasteiger partial charge is 0.118 e. The molecular weight excluding hydrogens is 160 g/mol. The summed E-state index contributed by atoms with van der Waals surface area (Å²) in [5, 5.41) is 9.81. The van der Waals surface area contributed by atoms with Crippen LogP contribution in [0.4, 0.5) is 0 Å². The first-order valence-corrected chi connectivity index (χ1v) is 4.35. The van der Waals surface area contributed by atoms with Crippen molar-refractivity contribution in [3.8, 4) is 6.07 Å². The number of benzene rings is 1. The first kappa shape index (κ1) is 7.88. The fraction of sp³-hybridized carbons (Fsp3) is 0.182. The number of nitriles is 1. The van der Waals surface area contributed by atoms with Gasteiger partial charge in [0.05, 0.1) is 0 Å². The molecule has 64 valence electrons. The maximum atomic E-state index is 8.68. The van der Waals surface area contributed by atoms with Crippen LogP contribution in [0.3, 0.4) is 0 Å². The number of nitrogens with one attached hydrogen (secondary N) is 1. The molecule has 2 aromatic rings. The summed E-state index contributed by atoms with van der Waals surface area (Å²) in [5.41, 5.74) is 2.97. The van der Waals surface area contributed by atoms with Crippen LogP contribution in [0.1, 0.15) is 18.2 Å². The minimum atomic E-state index is 0.628. The number of nitrogens with zero attached hydrogens (tertiary/aromatic N) is 1. The van der Waals surface area contributed by atoms with Gasteiger partial charge >= 0.3 is 0 Å². The lowest BCUT2D eigenvalue weighted by atomic mass is 10.1. The Balaban J connectivity index is 2.65. The van der Waals surface area contributed by atoms with E-state index in [4.69, 9.17) is 5.26 Å². The molecule has 1 aromatic heterocycles. The van der Waals surface area contributed by atoms with Gasteiger partial charge in [0.2, 0.25) is 0 Å². The highest BCUT2D eigenvalue weighted by Gasteiger charge is 1.99. The molecule has 0 aliphatic rings. The van der Waals surface area contributed by atoms with Crippen molar-refractivity contribution >= 4 is 10.9 Å². The molecule has 0 spiro atoms. The van der Waals surface area contributed by atoms with Gasteiger partial charge in [-0.2, -0.15) is 5.26 Å². The van der Waals surface area contributed by atoms with E-state index in [2.05, 4.69) is 30.1 Å². The largest absolute Gasteiger partial charge is 0.346 e. The zero-order valence-electron chi connectivity index (χ0n) is 7.46. The summed E-state index contributed by atoms with van der Waals surface area (Å²) >= 11 is 0. The second-order valence-electron chi connectivity index (χ2n) is 3.07. The van der Waals surface area contributed by atoms with E-state index in [1.165, 1.54) is 5.56 Å². The Labute approximate surface area is 76.8 Å². The highest BCUT2D eigenvalue weighted by molar-refractivity contribution is 5.81. The first-order chi connectivity index (χ1) is 6.33. The van der Waals surface area contributed by atoms with Crippen LogP contribution < -0.4 is 0 Å². The van der Waals surface area contributed by atoms with Crippen LogP contribution in [0, 0.1) is 11.3 Å². The monoisotopic (exact) mass is 170 g/mol. The van der Waals surface area contributed by atoms with Crippen molar-refractivity contribution in [3.63, 3.8) is 0 Å². The Morgan fingerprint density at radius 2 is 2.23 bits per heavy atom. The van der Waals surface area contributed by atoms with Gasteiger partial charge in [-0.3, -0.25) is 0 Å². The molecule has 1 N–H and O–H groups in total. The predicted molar refractivity (Wildman–Crippen MR) is 52.4 cm³/mol. The van der Waals surface area contributed by atoms with Crippen LogP contribution in [0.2, 0.25) is 0 Å². The van der Waals surface area contributed by atoms with Gasteiger partial charge in [0.25, 0.3) is 0 Å². The number of hydrogen-bond acceptors (Lipinski definition) is 1. The van der Waals surface area contributed by atoms with Crippen LogP contribution in [-0.2, 0) is 6.42 Å². The predicted octanol–water partition coefficient (Wildman–Crippen LogP) is 2.60. The highest BCUT2D eigenvalue weighted by Crippen LogP contribution is 2.16. The van der Waals surface area contributed by atoms with Crippen molar-refractivity contribution in [1.82, 2.24) is 4.98 Å². The Bertz CT molecular complexity index is 474. The Morgan fingerprint density at radius 1 is 1.38 bits per heavy atom. The van der Waals surface area contributed by atoms with Gasteiger partial charge < -0.3 is 4.98 Å². The van der Waals surface area contributed by atoms with E-state index >= 15 is 0 Å². The molecule has 0 aliphatic carbocycles. The molecule has 13 heavy (non-hydrogen) atoms. The standard InChI is InChI=1S/C11H10N2/c1-2-8-3-4-11-9(5-8)6-10(7-12)13-11/h3-6,13H,2H2,1H3. The average Bonchev–Trinajstić information content (AvgIpc) is 2.58. The van der Waals surface area contributed by atoms with Gasteiger partial charge in [0, 0.05) is 10.9 Å². The number of fused-ring (bicyclic) bond motifs is 1. The van der Waals surface area contributed by atoms with E-state index in [9.17, 15) is 0 Å². The summed E-state index contributed by atoms with van der Waals surface area (Å²) in [5.74, 6) is 0. The van der Waals surface area contributed by atoms with Crippen molar-refractivity contribution in [2.24, 2.45) is 0 Å². The summed E-state index contributed by atoms with van der Waals surface area (Å²) in [7, 11) is 0. The fourth-order valence-electron chi connectivity index (χ4n) is 1.46. The SMILES string of the molecule is CCc1ccc2[nH]c(C#N)cc2c1. The number of aryl methyl sites for hydroxylation is 1. The molecule has 2 heteroatoms. The van der Waals surface area contributed by atoms with E-state index in [0.29, 0.717) is 5.69 Å². The second kappa shape index (κ2) is 2.95. The molecule has 0 fully saturated rings. The molecule has 0 unspecified atom stereocenters. The van der Waals surface area contributed by atoms with Crippen LogP contribution >= 0.6 is 0 Å². The van der Waals surface area contributed by atoms with Crippen molar-refractivity contribution in [2.75, 3.05) is 0 Å². The molecule has 2 nitrogen and oxygen atoms in total. The molecule has 0 radical (unpaired) electrons. The van der Waals surface area contributed by atoms with E-state index < -0.39 is 0 Å². The molecule has 0 saturated carbocycles. The van der Waals surface area contributed by atoms with Crippen molar-refractivity contribution in [2.45, 2.75) is 13.3 Å². The molecule has 0 aliphatic heterocycles. The van der Waals surface area contributed by atoms with E-state index in [1.807, 2.05) is 12.1 Å². The Morgan fingerprint density at radius 3 is 2.92 bits per heavy atom. The van der Waals surface area contributed by atoms with Gasteiger partial charge in [0.15, 0.2) is 0 Å². The van der Waals surface area contributed by atoms with Gasteiger partial charge in [-0.15, -0.1) is 0 Å². The molecule has 0 bridgehead atoms. The van der Waals surface area contributed by atoms with Crippen molar-refractivity contribution in [1.29, 1.82) is 5.26 Å². The molecule has 2 rings (SSSR count). The third-order valence-corrected chi connectivity index (χ3v) is 2.21. The van der Waals surface area contributed by atoms with Gasteiger partial charge in [-0.05, 0) is 30.2 Å². The quantitative estimate of drug-likeness (QED) is 0.702. The normalized spacial score (nSPS) is 10.2. The van der Waals surface area contributed by atoms with E-state index in [0.717, 1.165) is 17.3 Å². The third-order valence-electron chi connectivity index (χ3n) is 2.21. The zero-order chi connectivity index (χ0) is 9.26. The average molecular weight is 170 g/mol. The zero-order valence-corrected chi connectivity index (χ0v) is 7.46. The second-order valence-corrected chi connectivity index (χ2v) is 3.07.